The number of hydrogen-bond donors (Lipinski definition) is 3. The van der Waals surface area contributed by atoms with Gasteiger partial charge in [-0.05, 0) is 12.3 Å². The molecule has 0 aromatic carbocycles. The molecule has 0 bridgehead atoms. The molecule has 1 aliphatic heterocycles. The van der Waals surface area contributed by atoms with Gasteiger partial charge in [-0.3, -0.25) is 4.79 Å². The van der Waals surface area contributed by atoms with Gasteiger partial charge in [0, 0.05) is 24.2 Å². The highest BCUT2D eigenvalue weighted by Crippen LogP contribution is 2.42. The standard InChI is InChI=1S/C14H22N2O4/c1-13(2,3)10(8-6-15-7-16-8)9-5-14(4,19)11(17)12(18)20-9/h6-7,9-10,12,18-19H,5H2,1-4H3,(H,15,16)/t9?,10-,12-,14-/m0/s1. The van der Waals surface area contributed by atoms with E-state index in [0.29, 0.717) is 0 Å². The predicted octanol–water partition coefficient (Wildman–Crippen LogP) is 0.967. The van der Waals surface area contributed by atoms with Crippen molar-refractivity contribution in [2.24, 2.45) is 5.41 Å². The Labute approximate surface area is 118 Å². The number of H-pyrrole nitrogens is 1. The van der Waals surface area contributed by atoms with Crippen LogP contribution in [0.1, 0.15) is 45.7 Å². The molecule has 1 aromatic rings. The molecule has 0 radical (unpaired) electrons. The molecule has 2 rings (SSSR count). The zero-order chi connectivity index (χ0) is 15.1. The number of aliphatic hydroxyl groups excluding tert-OH is 1. The Balaban J connectivity index is 2.34. The predicted molar refractivity (Wildman–Crippen MR) is 71.9 cm³/mol. The molecule has 112 valence electrons. The van der Waals surface area contributed by atoms with Crippen molar-refractivity contribution in [2.45, 2.75) is 58.0 Å². The summed E-state index contributed by atoms with van der Waals surface area (Å²) < 4.78 is 5.44. The largest absolute Gasteiger partial charge is 0.382 e. The van der Waals surface area contributed by atoms with E-state index in [0.717, 1.165) is 5.69 Å². The average molecular weight is 282 g/mol. The Kier molecular flexibility index (Phi) is 3.75. The monoisotopic (exact) mass is 282 g/mol. The normalized spacial score (nSPS) is 33.2. The topological polar surface area (TPSA) is 95.4 Å². The second-order valence-corrected chi connectivity index (χ2v) is 6.72. The van der Waals surface area contributed by atoms with E-state index in [1.54, 1.807) is 12.5 Å². The Morgan fingerprint density at radius 2 is 2.20 bits per heavy atom. The number of aromatic amines is 1. The fraction of sp³-hybridized carbons (Fsp3) is 0.714. The molecule has 20 heavy (non-hydrogen) atoms. The molecule has 0 spiro atoms. The van der Waals surface area contributed by atoms with E-state index in [1.165, 1.54) is 6.92 Å². The number of ether oxygens (including phenoxy) is 1. The Hall–Kier alpha value is -1.24. The number of nitrogens with zero attached hydrogens (tertiary/aromatic N) is 1. The third-order valence-electron chi connectivity index (χ3n) is 3.82. The van der Waals surface area contributed by atoms with Gasteiger partial charge >= 0.3 is 0 Å². The molecule has 1 saturated heterocycles. The van der Waals surface area contributed by atoms with Gasteiger partial charge in [0.25, 0.3) is 0 Å². The van der Waals surface area contributed by atoms with Gasteiger partial charge in [-0.15, -0.1) is 0 Å². The van der Waals surface area contributed by atoms with Gasteiger partial charge in [-0.2, -0.15) is 0 Å². The van der Waals surface area contributed by atoms with Crippen LogP contribution in [0.25, 0.3) is 0 Å². The minimum absolute atomic E-state index is 0.126. The minimum Gasteiger partial charge on any atom is -0.382 e. The van der Waals surface area contributed by atoms with Crippen molar-refractivity contribution < 1.29 is 19.7 Å². The maximum atomic E-state index is 11.7. The number of ketones is 1. The van der Waals surface area contributed by atoms with Crippen molar-refractivity contribution in [3.8, 4) is 0 Å². The summed E-state index contributed by atoms with van der Waals surface area (Å²) in [5, 5.41) is 19.9. The fourth-order valence-electron chi connectivity index (χ4n) is 2.89. The van der Waals surface area contributed by atoms with Gasteiger partial charge in [0.2, 0.25) is 12.1 Å². The Bertz CT molecular complexity index is 476. The second-order valence-electron chi connectivity index (χ2n) is 6.72. The van der Waals surface area contributed by atoms with Crippen LogP contribution in [0.2, 0.25) is 0 Å². The summed E-state index contributed by atoms with van der Waals surface area (Å²) >= 11 is 0. The zero-order valence-electron chi connectivity index (χ0n) is 12.3. The average Bonchev–Trinajstić information content (AvgIpc) is 2.77. The molecule has 0 saturated carbocycles. The van der Waals surface area contributed by atoms with E-state index < -0.39 is 23.8 Å². The summed E-state index contributed by atoms with van der Waals surface area (Å²) in [7, 11) is 0. The van der Waals surface area contributed by atoms with Crippen molar-refractivity contribution in [3.63, 3.8) is 0 Å². The Morgan fingerprint density at radius 3 is 2.65 bits per heavy atom. The molecule has 0 amide bonds. The summed E-state index contributed by atoms with van der Waals surface area (Å²) in [6.07, 6.45) is 1.37. The number of Topliss-reactive ketones (excluding diaryl/α,β-unsaturated/α-hetero) is 1. The van der Waals surface area contributed by atoms with Gasteiger partial charge in [-0.1, -0.05) is 20.8 Å². The van der Waals surface area contributed by atoms with Crippen molar-refractivity contribution in [3.05, 3.63) is 18.2 Å². The summed E-state index contributed by atoms with van der Waals surface area (Å²) in [6.45, 7) is 7.54. The Morgan fingerprint density at radius 1 is 1.55 bits per heavy atom. The van der Waals surface area contributed by atoms with Gasteiger partial charge in [0.15, 0.2) is 0 Å². The number of carbonyl (C=O) groups is 1. The van der Waals surface area contributed by atoms with Crippen LogP contribution >= 0.6 is 0 Å². The van der Waals surface area contributed by atoms with Crippen molar-refractivity contribution in [1.29, 1.82) is 0 Å². The van der Waals surface area contributed by atoms with E-state index in [2.05, 4.69) is 9.97 Å². The number of carbonyl (C=O) groups excluding carboxylic acids is 1. The first kappa shape index (κ1) is 15.2. The highest BCUT2D eigenvalue weighted by Gasteiger charge is 2.49. The molecule has 1 aromatic heterocycles. The second kappa shape index (κ2) is 4.95. The number of aliphatic hydroxyl groups is 2. The molecule has 0 aliphatic carbocycles. The molecule has 6 heteroatoms. The van der Waals surface area contributed by atoms with E-state index >= 15 is 0 Å². The number of rotatable bonds is 2. The van der Waals surface area contributed by atoms with Gasteiger partial charge < -0.3 is 19.9 Å². The minimum atomic E-state index is -1.59. The van der Waals surface area contributed by atoms with E-state index in [9.17, 15) is 15.0 Å². The van der Waals surface area contributed by atoms with Crippen molar-refractivity contribution >= 4 is 5.78 Å². The lowest BCUT2D eigenvalue weighted by molar-refractivity contribution is -0.215. The lowest BCUT2D eigenvalue weighted by Crippen LogP contribution is -2.55. The maximum absolute atomic E-state index is 11.7. The van der Waals surface area contributed by atoms with Crippen LogP contribution in [0, 0.1) is 5.41 Å². The number of nitrogens with one attached hydrogen (secondary N) is 1. The van der Waals surface area contributed by atoms with Gasteiger partial charge in [-0.25, -0.2) is 4.98 Å². The molecule has 3 N–H and O–H groups in total. The highest BCUT2D eigenvalue weighted by molar-refractivity contribution is 5.90. The summed E-state index contributed by atoms with van der Waals surface area (Å²) in [6, 6.07) is 0. The van der Waals surface area contributed by atoms with E-state index in [4.69, 9.17) is 4.74 Å². The highest BCUT2D eigenvalue weighted by atomic mass is 16.6. The number of imidazole rings is 1. The third kappa shape index (κ3) is 2.77. The molecule has 1 fully saturated rings. The van der Waals surface area contributed by atoms with Crippen LogP contribution in [0.5, 0.6) is 0 Å². The summed E-state index contributed by atoms with van der Waals surface area (Å²) in [4.78, 5) is 18.8. The lowest BCUT2D eigenvalue weighted by atomic mass is 9.71. The van der Waals surface area contributed by atoms with Gasteiger partial charge in [0.1, 0.15) is 5.60 Å². The first-order chi connectivity index (χ1) is 9.13. The van der Waals surface area contributed by atoms with Crippen LogP contribution in [0.15, 0.2) is 12.5 Å². The van der Waals surface area contributed by atoms with E-state index in [-0.39, 0.29) is 17.8 Å². The summed E-state index contributed by atoms with van der Waals surface area (Å²) in [5.41, 5.74) is -0.904. The third-order valence-corrected chi connectivity index (χ3v) is 3.82. The van der Waals surface area contributed by atoms with Crippen LogP contribution in [-0.2, 0) is 9.53 Å². The molecular formula is C14H22N2O4. The van der Waals surface area contributed by atoms with Crippen molar-refractivity contribution in [1.82, 2.24) is 9.97 Å². The van der Waals surface area contributed by atoms with Crippen LogP contribution < -0.4 is 0 Å². The molecular weight excluding hydrogens is 260 g/mol. The smallest absolute Gasteiger partial charge is 0.219 e. The van der Waals surface area contributed by atoms with Crippen LogP contribution in [-0.4, -0.2) is 44.0 Å². The SMILES string of the molecule is CC(C)(C)[C@@H](c1cnc[nH]1)C1C[C@](C)(O)C(=O)[C@@H](O)O1. The molecule has 6 nitrogen and oxygen atoms in total. The van der Waals surface area contributed by atoms with Crippen LogP contribution in [0.3, 0.4) is 0 Å². The number of hydrogen-bond acceptors (Lipinski definition) is 5. The van der Waals surface area contributed by atoms with Crippen molar-refractivity contribution in [2.75, 3.05) is 0 Å². The summed E-state index contributed by atoms with van der Waals surface area (Å²) in [5.74, 6) is -0.815. The maximum Gasteiger partial charge on any atom is 0.219 e. The molecule has 4 atom stereocenters. The molecule has 1 unspecified atom stereocenters. The lowest BCUT2D eigenvalue weighted by Gasteiger charge is -2.43. The van der Waals surface area contributed by atoms with Crippen LogP contribution in [0.4, 0.5) is 0 Å². The van der Waals surface area contributed by atoms with E-state index in [1.807, 2.05) is 20.8 Å². The first-order valence-electron chi connectivity index (χ1n) is 6.71. The quantitative estimate of drug-likeness (QED) is 0.751. The fourth-order valence-corrected chi connectivity index (χ4v) is 2.89. The van der Waals surface area contributed by atoms with Gasteiger partial charge in [0.05, 0.1) is 12.4 Å². The molecule has 2 heterocycles. The first-order valence-corrected chi connectivity index (χ1v) is 6.71. The number of aromatic nitrogens is 2. The zero-order valence-corrected chi connectivity index (χ0v) is 12.3. The molecule has 1 aliphatic rings.